The standard InChI is InChI=1S/C16H28N2O/c1-5-16(14-8-10-15(19)11-9-14)18(6-2)13-7-12-17(3)4/h8-11,16,19H,5-7,12-13H2,1-4H3. The Morgan fingerprint density at radius 2 is 1.68 bits per heavy atom. The fourth-order valence-corrected chi connectivity index (χ4v) is 2.53. The first-order valence-corrected chi connectivity index (χ1v) is 7.26. The molecule has 0 spiro atoms. The molecule has 0 aliphatic carbocycles. The summed E-state index contributed by atoms with van der Waals surface area (Å²) < 4.78 is 0. The Labute approximate surface area is 117 Å². The molecular formula is C16H28N2O. The van der Waals surface area contributed by atoms with E-state index in [1.165, 1.54) is 12.0 Å². The van der Waals surface area contributed by atoms with Crippen LogP contribution in [0.3, 0.4) is 0 Å². The van der Waals surface area contributed by atoms with Crippen molar-refractivity contribution in [1.29, 1.82) is 0 Å². The zero-order chi connectivity index (χ0) is 14.3. The normalized spacial score (nSPS) is 13.2. The summed E-state index contributed by atoms with van der Waals surface area (Å²) >= 11 is 0. The van der Waals surface area contributed by atoms with Gasteiger partial charge in [0.15, 0.2) is 0 Å². The number of phenolic OH excluding ortho intramolecular Hbond substituents is 1. The summed E-state index contributed by atoms with van der Waals surface area (Å²) in [6, 6.07) is 8.10. The van der Waals surface area contributed by atoms with Crippen LogP contribution in [0.5, 0.6) is 5.75 Å². The minimum Gasteiger partial charge on any atom is -0.508 e. The first kappa shape index (κ1) is 16.0. The molecule has 0 heterocycles. The van der Waals surface area contributed by atoms with Crippen molar-refractivity contribution >= 4 is 0 Å². The number of hydrogen-bond acceptors (Lipinski definition) is 3. The second-order valence-electron chi connectivity index (χ2n) is 5.30. The Morgan fingerprint density at radius 1 is 1.05 bits per heavy atom. The van der Waals surface area contributed by atoms with Crippen molar-refractivity contribution in [3.63, 3.8) is 0 Å². The first-order chi connectivity index (χ1) is 9.08. The summed E-state index contributed by atoms with van der Waals surface area (Å²) in [5.41, 5.74) is 1.30. The van der Waals surface area contributed by atoms with Gasteiger partial charge in [-0.2, -0.15) is 0 Å². The summed E-state index contributed by atoms with van der Waals surface area (Å²) in [6.45, 7) is 7.76. The van der Waals surface area contributed by atoms with E-state index in [9.17, 15) is 5.11 Å². The van der Waals surface area contributed by atoms with Gasteiger partial charge in [-0.3, -0.25) is 4.90 Å². The fraction of sp³-hybridized carbons (Fsp3) is 0.625. The van der Waals surface area contributed by atoms with Crippen LogP contribution in [-0.4, -0.2) is 48.6 Å². The van der Waals surface area contributed by atoms with Crippen LogP contribution in [0.25, 0.3) is 0 Å². The van der Waals surface area contributed by atoms with Crippen molar-refractivity contribution < 1.29 is 5.11 Å². The predicted molar refractivity (Wildman–Crippen MR) is 81.6 cm³/mol. The quantitative estimate of drug-likeness (QED) is 0.781. The molecule has 1 aromatic rings. The third kappa shape index (κ3) is 5.21. The van der Waals surface area contributed by atoms with E-state index >= 15 is 0 Å². The van der Waals surface area contributed by atoms with Crippen LogP contribution in [0, 0.1) is 0 Å². The van der Waals surface area contributed by atoms with Gasteiger partial charge in [0.05, 0.1) is 0 Å². The van der Waals surface area contributed by atoms with Gasteiger partial charge in [-0.15, -0.1) is 0 Å². The van der Waals surface area contributed by atoms with Gasteiger partial charge < -0.3 is 10.0 Å². The maximum absolute atomic E-state index is 9.39. The molecule has 0 saturated heterocycles. The zero-order valence-corrected chi connectivity index (χ0v) is 12.8. The lowest BCUT2D eigenvalue weighted by molar-refractivity contribution is 0.192. The van der Waals surface area contributed by atoms with Gasteiger partial charge in [-0.05, 0) is 64.3 Å². The lowest BCUT2D eigenvalue weighted by Gasteiger charge is -2.30. The molecule has 19 heavy (non-hydrogen) atoms. The third-order valence-corrected chi connectivity index (χ3v) is 3.56. The fourth-order valence-electron chi connectivity index (χ4n) is 2.53. The highest BCUT2D eigenvalue weighted by molar-refractivity contribution is 5.28. The number of benzene rings is 1. The van der Waals surface area contributed by atoms with Crippen molar-refractivity contribution in [2.75, 3.05) is 33.7 Å². The molecule has 3 nitrogen and oxygen atoms in total. The van der Waals surface area contributed by atoms with E-state index < -0.39 is 0 Å². The van der Waals surface area contributed by atoms with Crippen LogP contribution in [0.4, 0.5) is 0 Å². The zero-order valence-electron chi connectivity index (χ0n) is 12.8. The maximum atomic E-state index is 9.39. The van der Waals surface area contributed by atoms with Crippen molar-refractivity contribution in [3.8, 4) is 5.75 Å². The van der Waals surface area contributed by atoms with Crippen molar-refractivity contribution in [2.24, 2.45) is 0 Å². The van der Waals surface area contributed by atoms with Gasteiger partial charge in [0.2, 0.25) is 0 Å². The molecule has 0 aliphatic rings. The third-order valence-electron chi connectivity index (χ3n) is 3.56. The molecule has 0 fully saturated rings. The van der Waals surface area contributed by atoms with Crippen LogP contribution >= 0.6 is 0 Å². The second-order valence-corrected chi connectivity index (χ2v) is 5.30. The number of hydrogen-bond donors (Lipinski definition) is 1. The van der Waals surface area contributed by atoms with Gasteiger partial charge in [0.25, 0.3) is 0 Å². The molecule has 0 radical (unpaired) electrons. The lowest BCUT2D eigenvalue weighted by Crippen LogP contribution is -2.31. The molecule has 0 amide bonds. The second kappa shape index (κ2) is 8.18. The highest BCUT2D eigenvalue weighted by Crippen LogP contribution is 2.25. The number of aromatic hydroxyl groups is 1. The molecule has 0 aromatic heterocycles. The first-order valence-electron chi connectivity index (χ1n) is 7.26. The van der Waals surface area contributed by atoms with E-state index in [0.717, 1.165) is 26.1 Å². The van der Waals surface area contributed by atoms with Gasteiger partial charge >= 0.3 is 0 Å². The number of phenols is 1. The minimum absolute atomic E-state index is 0.342. The van der Waals surface area contributed by atoms with E-state index in [1.54, 1.807) is 12.1 Å². The van der Waals surface area contributed by atoms with Crippen LogP contribution < -0.4 is 0 Å². The molecule has 108 valence electrons. The van der Waals surface area contributed by atoms with Crippen molar-refractivity contribution in [3.05, 3.63) is 29.8 Å². The maximum Gasteiger partial charge on any atom is 0.115 e. The van der Waals surface area contributed by atoms with Crippen molar-refractivity contribution in [1.82, 2.24) is 9.80 Å². The molecule has 1 rings (SSSR count). The molecule has 0 bridgehead atoms. The largest absolute Gasteiger partial charge is 0.508 e. The Balaban J connectivity index is 2.66. The summed E-state index contributed by atoms with van der Waals surface area (Å²) in [5.74, 6) is 0.342. The number of nitrogens with zero attached hydrogens (tertiary/aromatic N) is 2. The van der Waals surface area contributed by atoms with E-state index in [0.29, 0.717) is 11.8 Å². The number of rotatable bonds is 8. The van der Waals surface area contributed by atoms with Gasteiger partial charge in [0, 0.05) is 6.04 Å². The molecule has 3 heteroatoms. The Bertz CT molecular complexity index is 348. The average molecular weight is 264 g/mol. The Kier molecular flexibility index (Phi) is 6.89. The van der Waals surface area contributed by atoms with E-state index in [2.05, 4.69) is 37.7 Å². The molecule has 0 saturated carbocycles. The molecule has 1 unspecified atom stereocenters. The minimum atomic E-state index is 0.342. The predicted octanol–water partition coefficient (Wildman–Crippen LogP) is 3.12. The molecular weight excluding hydrogens is 236 g/mol. The highest BCUT2D eigenvalue weighted by atomic mass is 16.3. The Morgan fingerprint density at radius 3 is 2.16 bits per heavy atom. The Hall–Kier alpha value is -1.06. The van der Waals surface area contributed by atoms with Crippen LogP contribution in [0.1, 0.15) is 38.3 Å². The smallest absolute Gasteiger partial charge is 0.115 e. The van der Waals surface area contributed by atoms with E-state index in [1.807, 2.05) is 12.1 Å². The highest BCUT2D eigenvalue weighted by Gasteiger charge is 2.16. The lowest BCUT2D eigenvalue weighted by atomic mass is 10.0. The van der Waals surface area contributed by atoms with Gasteiger partial charge in [-0.25, -0.2) is 0 Å². The molecule has 1 N–H and O–H groups in total. The van der Waals surface area contributed by atoms with Gasteiger partial charge in [0.1, 0.15) is 5.75 Å². The summed E-state index contributed by atoms with van der Waals surface area (Å²) in [5, 5.41) is 9.39. The molecule has 0 aliphatic heterocycles. The topological polar surface area (TPSA) is 26.7 Å². The van der Waals surface area contributed by atoms with Crippen LogP contribution in [-0.2, 0) is 0 Å². The van der Waals surface area contributed by atoms with Gasteiger partial charge in [-0.1, -0.05) is 26.0 Å². The average Bonchev–Trinajstić information content (AvgIpc) is 2.39. The van der Waals surface area contributed by atoms with Crippen molar-refractivity contribution in [2.45, 2.75) is 32.7 Å². The monoisotopic (exact) mass is 264 g/mol. The summed E-state index contributed by atoms with van der Waals surface area (Å²) in [7, 11) is 4.24. The summed E-state index contributed by atoms with van der Waals surface area (Å²) in [4.78, 5) is 4.76. The van der Waals surface area contributed by atoms with E-state index in [4.69, 9.17) is 0 Å². The SMILES string of the molecule is CCC(c1ccc(O)cc1)N(CC)CCCN(C)C. The molecule has 1 aromatic carbocycles. The van der Waals surface area contributed by atoms with Crippen LogP contribution in [0.15, 0.2) is 24.3 Å². The van der Waals surface area contributed by atoms with E-state index in [-0.39, 0.29) is 0 Å². The van der Waals surface area contributed by atoms with Crippen LogP contribution in [0.2, 0.25) is 0 Å². The summed E-state index contributed by atoms with van der Waals surface area (Å²) in [6.07, 6.45) is 2.29. The molecule has 1 atom stereocenters.